The van der Waals surface area contributed by atoms with Crippen LogP contribution in [0.1, 0.15) is 11.3 Å². The van der Waals surface area contributed by atoms with Crippen LogP contribution in [-0.2, 0) is 7.05 Å². The second-order valence-corrected chi connectivity index (χ2v) is 5.78. The molecule has 1 heterocycles. The molecule has 126 valence electrons. The number of aryl methyl sites for hydroxylation is 2. The average molecular weight is 360 g/mol. The molecule has 0 amide bonds. The van der Waals surface area contributed by atoms with Crippen molar-refractivity contribution in [1.82, 2.24) is 9.78 Å². The van der Waals surface area contributed by atoms with Gasteiger partial charge in [-0.25, -0.2) is 13.5 Å². The minimum atomic E-state index is -0.672. The summed E-state index contributed by atoms with van der Waals surface area (Å²) in [7, 11) is 1.64. The SMILES string of the molecule is Cc1nn(C)c(Oc2ccc(C#N)cc2F)c1-c1ccc(F)cc1Cl. The van der Waals surface area contributed by atoms with Gasteiger partial charge in [0.05, 0.1) is 27.9 Å². The minimum Gasteiger partial charge on any atom is -0.436 e. The molecule has 0 unspecified atom stereocenters. The van der Waals surface area contributed by atoms with Crippen LogP contribution in [0.15, 0.2) is 36.4 Å². The van der Waals surface area contributed by atoms with E-state index >= 15 is 0 Å². The lowest BCUT2D eigenvalue weighted by Crippen LogP contribution is -1.98. The van der Waals surface area contributed by atoms with Crippen molar-refractivity contribution in [3.63, 3.8) is 0 Å². The van der Waals surface area contributed by atoms with Gasteiger partial charge in [-0.2, -0.15) is 10.4 Å². The van der Waals surface area contributed by atoms with E-state index in [0.29, 0.717) is 16.8 Å². The van der Waals surface area contributed by atoms with Crippen LogP contribution < -0.4 is 4.74 Å². The molecule has 7 heteroatoms. The molecule has 0 fully saturated rings. The lowest BCUT2D eigenvalue weighted by atomic mass is 10.1. The van der Waals surface area contributed by atoms with Crippen molar-refractivity contribution >= 4 is 11.6 Å². The summed E-state index contributed by atoms with van der Waals surface area (Å²) in [5.41, 5.74) is 1.85. The van der Waals surface area contributed by atoms with Crippen LogP contribution in [0.2, 0.25) is 5.02 Å². The van der Waals surface area contributed by atoms with Crippen molar-refractivity contribution in [3.05, 3.63) is 64.3 Å². The number of rotatable bonds is 3. The van der Waals surface area contributed by atoms with Gasteiger partial charge in [-0.3, -0.25) is 0 Å². The monoisotopic (exact) mass is 359 g/mol. The van der Waals surface area contributed by atoms with Crippen LogP contribution in [0.5, 0.6) is 11.6 Å². The first-order chi connectivity index (χ1) is 11.9. The zero-order valence-corrected chi connectivity index (χ0v) is 14.1. The number of halogens is 3. The summed E-state index contributed by atoms with van der Waals surface area (Å²) < 4.78 is 34.6. The van der Waals surface area contributed by atoms with Gasteiger partial charge in [-0.1, -0.05) is 11.6 Å². The molecule has 1 aromatic heterocycles. The molecule has 0 saturated heterocycles. The van der Waals surface area contributed by atoms with Gasteiger partial charge in [0.2, 0.25) is 5.88 Å². The fourth-order valence-corrected chi connectivity index (χ4v) is 2.78. The lowest BCUT2D eigenvalue weighted by molar-refractivity contribution is 0.405. The minimum absolute atomic E-state index is 0.0542. The van der Waals surface area contributed by atoms with E-state index in [-0.39, 0.29) is 22.2 Å². The van der Waals surface area contributed by atoms with Gasteiger partial charge in [-0.15, -0.1) is 0 Å². The second-order valence-electron chi connectivity index (χ2n) is 5.37. The highest BCUT2D eigenvalue weighted by Crippen LogP contribution is 2.39. The number of aromatic nitrogens is 2. The summed E-state index contributed by atoms with van der Waals surface area (Å²) >= 11 is 6.15. The number of hydrogen-bond donors (Lipinski definition) is 0. The van der Waals surface area contributed by atoms with Gasteiger partial charge >= 0.3 is 0 Å². The van der Waals surface area contributed by atoms with Crippen LogP contribution in [0, 0.1) is 29.9 Å². The molecule has 0 aliphatic carbocycles. The van der Waals surface area contributed by atoms with E-state index < -0.39 is 11.6 Å². The molecule has 3 aromatic rings. The Hall–Kier alpha value is -2.91. The van der Waals surface area contributed by atoms with Crippen LogP contribution in [0.3, 0.4) is 0 Å². The summed E-state index contributed by atoms with van der Waals surface area (Å²) in [5.74, 6) is -0.930. The predicted octanol–water partition coefficient (Wildman–Crippen LogP) is 4.99. The number of ether oxygens (including phenoxy) is 1. The van der Waals surface area contributed by atoms with E-state index in [0.717, 1.165) is 6.07 Å². The van der Waals surface area contributed by atoms with Crippen molar-refractivity contribution in [1.29, 1.82) is 5.26 Å². The van der Waals surface area contributed by atoms with E-state index in [2.05, 4.69) is 5.10 Å². The fourth-order valence-electron chi connectivity index (χ4n) is 2.51. The molecule has 0 atom stereocenters. The molecule has 0 aliphatic rings. The van der Waals surface area contributed by atoms with E-state index in [1.165, 1.54) is 35.0 Å². The van der Waals surface area contributed by atoms with Gasteiger partial charge in [0.1, 0.15) is 5.82 Å². The molecule has 0 bridgehead atoms. The van der Waals surface area contributed by atoms with Crippen molar-refractivity contribution in [2.75, 3.05) is 0 Å². The second kappa shape index (κ2) is 6.54. The van der Waals surface area contributed by atoms with Crippen molar-refractivity contribution in [2.45, 2.75) is 6.92 Å². The van der Waals surface area contributed by atoms with E-state index in [1.54, 1.807) is 14.0 Å². The largest absolute Gasteiger partial charge is 0.436 e. The highest BCUT2D eigenvalue weighted by atomic mass is 35.5. The third-order valence-corrected chi connectivity index (χ3v) is 3.95. The van der Waals surface area contributed by atoms with Crippen LogP contribution in [0.4, 0.5) is 8.78 Å². The molecule has 0 radical (unpaired) electrons. The van der Waals surface area contributed by atoms with Crippen molar-refractivity contribution < 1.29 is 13.5 Å². The molecule has 4 nitrogen and oxygen atoms in total. The molecule has 0 spiro atoms. The normalized spacial score (nSPS) is 10.6. The molecule has 0 saturated carbocycles. The Labute approximate surface area is 147 Å². The molecule has 2 aromatic carbocycles. The topological polar surface area (TPSA) is 50.8 Å². The zero-order valence-electron chi connectivity index (χ0n) is 13.3. The number of nitriles is 1. The Morgan fingerprint density at radius 2 is 1.96 bits per heavy atom. The van der Waals surface area contributed by atoms with Gasteiger partial charge in [0, 0.05) is 12.6 Å². The average Bonchev–Trinajstić information content (AvgIpc) is 2.83. The fraction of sp³-hybridized carbons (Fsp3) is 0.111. The highest BCUT2D eigenvalue weighted by molar-refractivity contribution is 6.33. The van der Waals surface area contributed by atoms with Crippen molar-refractivity contribution in [3.8, 4) is 28.8 Å². The summed E-state index contributed by atoms with van der Waals surface area (Å²) in [6.45, 7) is 1.75. The third kappa shape index (κ3) is 3.19. The van der Waals surface area contributed by atoms with Gasteiger partial charge in [0.25, 0.3) is 0 Å². The summed E-state index contributed by atoms with van der Waals surface area (Å²) in [6.07, 6.45) is 0. The molecule has 0 N–H and O–H groups in total. The van der Waals surface area contributed by atoms with Crippen molar-refractivity contribution in [2.24, 2.45) is 7.05 Å². The number of benzene rings is 2. The molecular formula is C18H12ClF2N3O. The Morgan fingerprint density at radius 3 is 2.60 bits per heavy atom. The first-order valence-corrected chi connectivity index (χ1v) is 7.65. The van der Waals surface area contributed by atoms with E-state index in [1.807, 2.05) is 6.07 Å². The predicted molar refractivity (Wildman–Crippen MR) is 89.5 cm³/mol. The summed E-state index contributed by atoms with van der Waals surface area (Å²) in [5, 5.41) is 13.3. The maximum atomic E-state index is 14.1. The lowest BCUT2D eigenvalue weighted by Gasteiger charge is -2.11. The molecular weight excluding hydrogens is 348 g/mol. The van der Waals surface area contributed by atoms with E-state index in [9.17, 15) is 8.78 Å². The van der Waals surface area contributed by atoms with Crippen LogP contribution in [-0.4, -0.2) is 9.78 Å². The third-order valence-electron chi connectivity index (χ3n) is 3.64. The maximum absolute atomic E-state index is 14.1. The van der Waals surface area contributed by atoms with Crippen LogP contribution in [0.25, 0.3) is 11.1 Å². The first kappa shape index (κ1) is 16.9. The molecule has 25 heavy (non-hydrogen) atoms. The van der Waals surface area contributed by atoms with Crippen LogP contribution >= 0.6 is 11.6 Å². The number of nitrogens with zero attached hydrogens (tertiary/aromatic N) is 3. The first-order valence-electron chi connectivity index (χ1n) is 7.27. The van der Waals surface area contributed by atoms with Gasteiger partial charge in [-0.05, 0) is 43.3 Å². The smallest absolute Gasteiger partial charge is 0.225 e. The molecule has 0 aliphatic heterocycles. The summed E-state index contributed by atoms with van der Waals surface area (Å²) in [4.78, 5) is 0. The highest BCUT2D eigenvalue weighted by Gasteiger charge is 2.21. The van der Waals surface area contributed by atoms with E-state index in [4.69, 9.17) is 21.6 Å². The standard InChI is InChI=1S/C18H12ClF2N3O/c1-10-17(13-5-4-12(20)8-14(13)19)18(24(2)23-10)25-16-6-3-11(9-22)7-15(16)21/h3-8H,1-2H3. The Kier molecular flexibility index (Phi) is 4.43. The Balaban J connectivity index is 2.10. The quantitative estimate of drug-likeness (QED) is 0.661. The summed E-state index contributed by atoms with van der Waals surface area (Å²) in [6, 6.07) is 9.75. The Bertz CT molecular complexity index is 1010. The maximum Gasteiger partial charge on any atom is 0.225 e. The number of hydrogen-bond acceptors (Lipinski definition) is 3. The van der Waals surface area contributed by atoms with Gasteiger partial charge in [0.15, 0.2) is 11.6 Å². The van der Waals surface area contributed by atoms with Gasteiger partial charge < -0.3 is 4.74 Å². The Morgan fingerprint density at radius 1 is 1.20 bits per heavy atom. The zero-order chi connectivity index (χ0) is 18.1. The molecule has 3 rings (SSSR count).